The number of benzene rings is 3. The molecule has 3 aromatic carbocycles. The van der Waals surface area contributed by atoms with Crippen LogP contribution in [0.4, 0.5) is 23.1 Å². The molecule has 2 N–H and O–H groups in total. The minimum atomic E-state index is 0.436. The summed E-state index contributed by atoms with van der Waals surface area (Å²) in [6.07, 6.45) is 2.58. The van der Waals surface area contributed by atoms with E-state index in [-0.39, 0.29) is 0 Å². The maximum atomic E-state index is 11.1. The van der Waals surface area contributed by atoms with Gasteiger partial charge in [-0.3, -0.25) is 4.79 Å². The first-order valence-corrected chi connectivity index (χ1v) is 12.7. The third-order valence-electron chi connectivity index (χ3n) is 6.19. The lowest BCUT2D eigenvalue weighted by Crippen LogP contribution is -2.27. The number of nitrogens with zero attached hydrogens (tertiary/aromatic N) is 3. The summed E-state index contributed by atoms with van der Waals surface area (Å²) in [5.41, 5.74) is 3.89. The Kier molecular flexibility index (Phi) is 9.26. The molecule has 0 saturated carbocycles. The van der Waals surface area contributed by atoms with E-state index in [4.69, 9.17) is 14.5 Å². The summed E-state index contributed by atoms with van der Waals surface area (Å²) in [5, 5.41) is 6.66. The number of methoxy groups -OCH3 is 1. The molecule has 0 bridgehead atoms. The second kappa shape index (κ2) is 13.2. The van der Waals surface area contributed by atoms with Crippen molar-refractivity contribution in [2.75, 3.05) is 44.0 Å². The lowest BCUT2D eigenvalue weighted by molar-refractivity contribution is 0.112. The first-order chi connectivity index (χ1) is 18.6. The zero-order chi connectivity index (χ0) is 26.7. The zero-order valence-electron chi connectivity index (χ0n) is 22.0. The van der Waals surface area contributed by atoms with Gasteiger partial charge in [0.05, 0.1) is 12.8 Å². The molecule has 1 aromatic heterocycles. The van der Waals surface area contributed by atoms with Crippen LogP contribution in [-0.2, 0) is 0 Å². The zero-order valence-corrected chi connectivity index (χ0v) is 22.0. The summed E-state index contributed by atoms with van der Waals surface area (Å²) in [7, 11) is 1.63. The molecule has 196 valence electrons. The van der Waals surface area contributed by atoms with Crippen LogP contribution in [0.5, 0.6) is 11.5 Å². The molecule has 8 nitrogen and oxygen atoms in total. The van der Waals surface area contributed by atoms with Crippen molar-refractivity contribution in [1.29, 1.82) is 0 Å². The van der Waals surface area contributed by atoms with Crippen LogP contribution in [0.1, 0.15) is 24.2 Å². The Morgan fingerprint density at radius 3 is 2.34 bits per heavy atom. The molecule has 4 aromatic rings. The van der Waals surface area contributed by atoms with E-state index < -0.39 is 0 Å². The summed E-state index contributed by atoms with van der Waals surface area (Å²) < 4.78 is 11.4. The van der Waals surface area contributed by atoms with E-state index in [1.807, 2.05) is 60.7 Å². The lowest BCUT2D eigenvalue weighted by atomic mass is 10.1. The molecule has 4 rings (SSSR count). The monoisotopic (exact) mass is 511 g/mol. The number of likely N-dealkylation sites (N-methyl/N-ethyl adjacent to an activating group) is 1. The maximum Gasteiger partial charge on any atom is 0.229 e. The van der Waals surface area contributed by atoms with Crippen LogP contribution in [0.25, 0.3) is 11.1 Å². The normalized spacial score (nSPS) is 10.7. The quantitative estimate of drug-likeness (QED) is 0.206. The largest absolute Gasteiger partial charge is 0.495 e. The average Bonchev–Trinajstić information content (AvgIpc) is 2.97. The average molecular weight is 512 g/mol. The van der Waals surface area contributed by atoms with E-state index in [0.29, 0.717) is 29.7 Å². The Morgan fingerprint density at radius 1 is 0.921 bits per heavy atom. The number of carbonyl (C=O) groups is 1. The van der Waals surface area contributed by atoms with Crippen molar-refractivity contribution in [3.05, 3.63) is 84.6 Å². The maximum absolute atomic E-state index is 11.1. The minimum Gasteiger partial charge on any atom is -0.495 e. The molecular formula is C30H33N5O3. The lowest BCUT2D eigenvalue weighted by Gasteiger charge is -2.18. The van der Waals surface area contributed by atoms with Crippen LogP contribution in [0, 0.1) is 0 Å². The highest BCUT2D eigenvalue weighted by Gasteiger charge is 2.13. The molecule has 0 amide bonds. The first-order valence-electron chi connectivity index (χ1n) is 12.7. The van der Waals surface area contributed by atoms with Gasteiger partial charge in [-0.2, -0.15) is 4.98 Å². The van der Waals surface area contributed by atoms with Crippen molar-refractivity contribution in [3.63, 3.8) is 0 Å². The fraction of sp³-hybridized carbons (Fsp3) is 0.233. The highest BCUT2D eigenvalue weighted by molar-refractivity contribution is 5.82. The first kappa shape index (κ1) is 26.6. The number of carbonyl (C=O) groups excluding carboxylic acids is 1. The number of nitrogens with one attached hydrogen (secondary N) is 2. The molecule has 0 spiro atoms. The summed E-state index contributed by atoms with van der Waals surface area (Å²) in [6, 6.07) is 22.7. The number of rotatable bonds is 13. The Balaban J connectivity index is 1.55. The van der Waals surface area contributed by atoms with Crippen LogP contribution in [0.3, 0.4) is 0 Å². The predicted octanol–water partition coefficient (Wildman–Crippen LogP) is 6.17. The van der Waals surface area contributed by atoms with Crippen LogP contribution in [0.15, 0.2) is 79.0 Å². The van der Waals surface area contributed by atoms with Gasteiger partial charge in [-0.05, 0) is 55.1 Å². The van der Waals surface area contributed by atoms with Crippen LogP contribution in [0.2, 0.25) is 0 Å². The van der Waals surface area contributed by atoms with Crippen molar-refractivity contribution in [2.24, 2.45) is 0 Å². The van der Waals surface area contributed by atoms with Gasteiger partial charge in [0.2, 0.25) is 5.95 Å². The van der Waals surface area contributed by atoms with E-state index >= 15 is 0 Å². The molecule has 1 heterocycles. The van der Waals surface area contributed by atoms with E-state index in [0.717, 1.165) is 54.2 Å². The molecule has 0 aliphatic rings. The van der Waals surface area contributed by atoms with Crippen molar-refractivity contribution in [1.82, 2.24) is 14.9 Å². The van der Waals surface area contributed by atoms with Gasteiger partial charge in [-0.25, -0.2) is 4.98 Å². The molecule has 0 fully saturated rings. The van der Waals surface area contributed by atoms with E-state index in [1.54, 1.807) is 25.4 Å². The predicted molar refractivity (Wildman–Crippen MR) is 152 cm³/mol. The van der Waals surface area contributed by atoms with Gasteiger partial charge in [-0.15, -0.1) is 0 Å². The summed E-state index contributed by atoms with van der Waals surface area (Å²) >= 11 is 0. The minimum absolute atomic E-state index is 0.436. The molecule has 0 aliphatic heterocycles. The Hall–Kier alpha value is -4.43. The van der Waals surface area contributed by atoms with Crippen molar-refractivity contribution in [2.45, 2.75) is 13.8 Å². The van der Waals surface area contributed by atoms with Crippen molar-refractivity contribution in [3.8, 4) is 22.6 Å². The molecule has 0 atom stereocenters. The van der Waals surface area contributed by atoms with Crippen LogP contribution in [-0.4, -0.2) is 54.5 Å². The van der Waals surface area contributed by atoms with E-state index in [2.05, 4.69) is 34.4 Å². The van der Waals surface area contributed by atoms with E-state index in [1.165, 1.54) is 0 Å². The Bertz CT molecular complexity index is 1320. The summed E-state index contributed by atoms with van der Waals surface area (Å²) in [6.45, 7) is 7.87. The Morgan fingerprint density at radius 2 is 1.66 bits per heavy atom. The van der Waals surface area contributed by atoms with Gasteiger partial charge in [0.1, 0.15) is 30.2 Å². The number of aldehydes is 1. The number of hydrogen-bond donors (Lipinski definition) is 2. The second-order valence-corrected chi connectivity index (χ2v) is 8.55. The fourth-order valence-corrected chi connectivity index (χ4v) is 3.96. The molecule has 8 heteroatoms. The molecule has 0 aliphatic carbocycles. The molecule has 0 radical (unpaired) electrons. The van der Waals surface area contributed by atoms with Gasteiger partial charge < -0.3 is 25.0 Å². The summed E-state index contributed by atoms with van der Waals surface area (Å²) in [5.74, 6) is 2.55. The molecular weight excluding hydrogens is 478 g/mol. The highest BCUT2D eigenvalue weighted by atomic mass is 16.5. The number of para-hydroxylation sites is 2. The standard InChI is InChI=1S/C30H33N5O3/c1-4-35(5-2)18-19-38-25-16-14-24(15-17-25)32-30-31-20-26(23-12-10-22(21-36)11-13-23)29(34-30)33-27-8-6-7-9-28(27)37-3/h6-17,20-21H,4-5,18-19H2,1-3H3,(H2,31,32,33,34). The number of hydrogen-bond acceptors (Lipinski definition) is 8. The Labute approximate surface area is 223 Å². The molecule has 0 saturated heterocycles. The SMILES string of the molecule is CCN(CC)CCOc1ccc(Nc2ncc(-c3ccc(C=O)cc3)c(Nc3ccccc3OC)n2)cc1. The highest BCUT2D eigenvalue weighted by Crippen LogP contribution is 2.33. The van der Waals surface area contributed by atoms with Gasteiger partial charge in [0.25, 0.3) is 0 Å². The molecule has 38 heavy (non-hydrogen) atoms. The fourth-order valence-electron chi connectivity index (χ4n) is 3.96. The number of anilines is 4. The van der Waals surface area contributed by atoms with Gasteiger partial charge in [0, 0.05) is 29.6 Å². The van der Waals surface area contributed by atoms with Crippen molar-refractivity contribution >= 4 is 29.4 Å². The summed E-state index contributed by atoms with van der Waals surface area (Å²) in [4.78, 5) is 22.8. The smallest absolute Gasteiger partial charge is 0.229 e. The second-order valence-electron chi connectivity index (χ2n) is 8.55. The van der Waals surface area contributed by atoms with Crippen LogP contribution < -0.4 is 20.1 Å². The third-order valence-corrected chi connectivity index (χ3v) is 6.19. The number of ether oxygens (including phenoxy) is 2. The van der Waals surface area contributed by atoms with Gasteiger partial charge in [-0.1, -0.05) is 50.2 Å². The van der Waals surface area contributed by atoms with Gasteiger partial charge >= 0.3 is 0 Å². The topological polar surface area (TPSA) is 88.6 Å². The van der Waals surface area contributed by atoms with E-state index in [9.17, 15) is 4.79 Å². The third kappa shape index (κ3) is 6.86. The number of aromatic nitrogens is 2. The van der Waals surface area contributed by atoms with Gasteiger partial charge in [0.15, 0.2) is 0 Å². The van der Waals surface area contributed by atoms with Crippen LogP contribution >= 0.6 is 0 Å². The molecule has 0 unspecified atom stereocenters. The van der Waals surface area contributed by atoms with Crippen molar-refractivity contribution < 1.29 is 14.3 Å².